The first-order valence-corrected chi connectivity index (χ1v) is 9.84. The van der Waals surface area contributed by atoms with Gasteiger partial charge in [0.1, 0.15) is 5.82 Å². The number of hydrogen-bond donors (Lipinski definition) is 0. The van der Waals surface area contributed by atoms with Crippen LogP contribution in [0.3, 0.4) is 0 Å². The van der Waals surface area contributed by atoms with Crippen molar-refractivity contribution < 1.29 is 14.0 Å². The molecule has 4 rings (SSSR count). The second-order valence-electron chi connectivity index (χ2n) is 7.29. The highest BCUT2D eigenvalue weighted by Gasteiger charge is 2.24. The molecule has 152 valence electrons. The number of carbonyl (C=O) groups is 2. The lowest BCUT2D eigenvalue weighted by molar-refractivity contribution is -0.119. The molecule has 0 spiro atoms. The van der Waals surface area contributed by atoms with E-state index in [4.69, 9.17) is 0 Å². The van der Waals surface area contributed by atoms with Gasteiger partial charge in [-0.25, -0.2) is 4.39 Å². The highest BCUT2D eigenvalue weighted by atomic mass is 19.1. The SMILES string of the molecule is O=CN1CCN(C(=O)c2cncc(N3CCN(c4ccccc4F)CC3)c2)CC1. The van der Waals surface area contributed by atoms with Gasteiger partial charge in [0.25, 0.3) is 5.91 Å². The normalized spacial score (nSPS) is 17.4. The molecule has 2 aliphatic rings. The summed E-state index contributed by atoms with van der Waals surface area (Å²) < 4.78 is 14.0. The maximum atomic E-state index is 14.0. The fraction of sp³-hybridized carbons (Fsp3) is 0.381. The summed E-state index contributed by atoms with van der Waals surface area (Å²) in [7, 11) is 0. The van der Waals surface area contributed by atoms with Crippen molar-refractivity contribution in [3.63, 3.8) is 0 Å². The number of halogens is 1. The second kappa shape index (κ2) is 8.46. The van der Waals surface area contributed by atoms with Gasteiger partial charge in [-0.05, 0) is 18.2 Å². The van der Waals surface area contributed by atoms with E-state index in [9.17, 15) is 14.0 Å². The van der Waals surface area contributed by atoms with Gasteiger partial charge in [-0.15, -0.1) is 0 Å². The van der Waals surface area contributed by atoms with E-state index < -0.39 is 0 Å². The zero-order chi connectivity index (χ0) is 20.2. The monoisotopic (exact) mass is 397 g/mol. The number of rotatable bonds is 4. The van der Waals surface area contributed by atoms with Gasteiger partial charge in [-0.1, -0.05) is 12.1 Å². The van der Waals surface area contributed by atoms with Crippen LogP contribution >= 0.6 is 0 Å². The van der Waals surface area contributed by atoms with Crippen molar-refractivity contribution in [3.8, 4) is 0 Å². The number of hydrogen-bond acceptors (Lipinski definition) is 5. The highest BCUT2D eigenvalue weighted by molar-refractivity contribution is 5.95. The molecule has 2 amide bonds. The third-order valence-electron chi connectivity index (χ3n) is 5.56. The van der Waals surface area contributed by atoms with Crippen LogP contribution in [-0.4, -0.2) is 79.5 Å². The first-order valence-electron chi connectivity index (χ1n) is 9.84. The number of anilines is 2. The van der Waals surface area contributed by atoms with E-state index in [-0.39, 0.29) is 11.7 Å². The molecule has 7 nitrogen and oxygen atoms in total. The first-order chi connectivity index (χ1) is 14.2. The van der Waals surface area contributed by atoms with Crippen molar-refractivity contribution in [1.82, 2.24) is 14.8 Å². The van der Waals surface area contributed by atoms with Gasteiger partial charge in [0.05, 0.1) is 23.1 Å². The molecular formula is C21H24FN5O2. The van der Waals surface area contributed by atoms with Gasteiger partial charge < -0.3 is 19.6 Å². The van der Waals surface area contributed by atoms with Gasteiger partial charge in [-0.3, -0.25) is 14.6 Å². The molecule has 3 heterocycles. The van der Waals surface area contributed by atoms with E-state index in [2.05, 4.69) is 9.88 Å². The molecule has 0 unspecified atom stereocenters. The van der Waals surface area contributed by atoms with Crippen LogP contribution in [0, 0.1) is 5.82 Å². The topological polar surface area (TPSA) is 60.0 Å². The summed E-state index contributed by atoms with van der Waals surface area (Å²) in [6.07, 6.45) is 4.18. The van der Waals surface area contributed by atoms with Crippen LogP contribution in [0.2, 0.25) is 0 Å². The lowest BCUT2D eigenvalue weighted by Crippen LogP contribution is -2.48. The molecule has 2 saturated heterocycles. The minimum absolute atomic E-state index is 0.0603. The summed E-state index contributed by atoms with van der Waals surface area (Å²) in [5, 5.41) is 0. The lowest BCUT2D eigenvalue weighted by Gasteiger charge is -2.37. The molecule has 1 aromatic carbocycles. The summed E-state index contributed by atoms with van der Waals surface area (Å²) in [6, 6.07) is 8.70. The van der Waals surface area contributed by atoms with Crippen LogP contribution in [-0.2, 0) is 4.79 Å². The Labute approximate surface area is 169 Å². The molecule has 0 N–H and O–H groups in total. The van der Waals surface area contributed by atoms with E-state index >= 15 is 0 Å². The predicted octanol–water partition coefficient (Wildman–Crippen LogP) is 1.46. The third kappa shape index (κ3) is 4.16. The van der Waals surface area contributed by atoms with Crippen LogP contribution in [0.1, 0.15) is 10.4 Å². The Morgan fingerprint density at radius 3 is 2.31 bits per heavy atom. The molecule has 0 bridgehead atoms. The molecule has 29 heavy (non-hydrogen) atoms. The molecule has 0 saturated carbocycles. The average molecular weight is 397 g/mol. The second-order valence-corrected chi connectivity index (χ2v) is 7.29. The highest BCUT2D eigenvalue weighted by Crippen LogP contribution is 2.23. The van der Waals surface area contributed by atoms with Crippen LogP contribution in [0.25, 0.3) is 0 Å². The molecule has 2 fully saturated rings. The zero-order valence-corrected chi connectivity index (χ0v) is 16.2. The van der Waals surface area contributed by atoms with E-state index in [1.54, 1.807) is 34.3 Å². The molecule has 8 heteroatoms. The summed E-state index contributed by atoms with van der Waals surface area (Å²) in [5.74, 6) is -0.264. The number of aromatic nitrogens is 1. The van der Waals surface area contributed by atoms with Crippen molar-refractivity contribution in [3.05, 3.63) is 54.1 Å². The van der Waals surface area contributed by atoms with E-state index in [1.165, 1.54) is 6.07 Å². The Balaban J connectivity index is 1.40. The summed E-state index contributed by atoms with van der Waals surface area (Å²) in [4.78, 5) is 35.6. The number of benzene rings is 1. The van der Waals surface area contributed by atoms with Crippen LogP contribution < -0.4 is 9.80 Å². The zero-order valence-electron chi connectivity index (χ0n) is 16.2. The fourth-order valence-corrected chi connectivity index (χ4v) is 3.84. The minimum Gasteiger partial charge on any atom is -0.367 e. The number of piperazine rings is 2. The molecule has 0 aliphatic carbocycles. The number of nitrogens with zero attached hydrogens (tertiary/aromatic N) is 5. The van der Waals surface area contributed by atoms with E-state index in [0.717, 1.165) is 25.2 Å². The van der Waals surface area contributed by atoms with Gasteiger partial charge in [-0.2, -0.15) is 0 Å². The van der Waals surface area contributed by atoms with Crippen molar-refractivity contribution >= 4 is 23.7 Å². The van der Waals surface area contributed by atoms with Crippen molar-refractivity contribution in [2.24, 2.45) is 0 Å². The van der Waals surface area contributed by atoms with Gasteiger partial charge in [0.2, 0.25) is 6.41 Å². The van der Waals surface area contributed by atoms with Crippen LogP contribution in [0.15, 0.2) is 42.7 Å². The Morgan fingerprint density at radius 2 is 1.62 bits per heavy atom. The lowest BCUT2D eigenvalue weighted by atomic mass is 10.2. The quantitative estimate of drug-likeness (QED) is 0.731. The van der Waals surface area contributed by atoms with E-state index in [1.807, 2.05) is 17.0 Å². The molecular weight excluding hydrogens is 373 g/mol. The Bertz CT molecular complexity index is 877. The maximum absolute atomic E-state index is 14.0. The number of pyridine rings is 1. The largest absolute Gasteiger partial charge is 0.367 e. The van der Waals surface area contributed by atoms with Gasteiger partial charge in [0, 0.05) is 58.6 Å². The van der Waals surface area contributed by atoms with Crippen molar-refractivity contribution in [1.29, 1.82) is 0 Å². The van der Waals surface area contributed by atoms with Gasteiger partial charge >= 0.3 is 0 Å². The Hall–Kier alpha value is -3.16. The minimum atomic E-state index is -0.204. The molecule has 0 atom stereocenters. The average Bonchev–Trinajstić information content (AvgIpc) is 2.79. The number of para-hydroxylation sites is 1. The number of amides is 2. The molecule has 1 aromatic heterocycles. The molecule has 2 aliphatic heterocycles. The van der Waals surface area contributed by atoms with Gasteiger partial charge in [0.15, 0.2) is 0 Å². The molecule has 2 aromatic rings. The summed E-state index contributed by atoms with van der Waals surface area (Å²) >= 11 is 0. The molecule has 0 radical (unpaired) electrons. The van der Waals surface area contributed by atoms with Crippen LogP contribution in [0.5, 0.6) is 0 Å². The van der Waals surface area contributed by atoms with Crippen molar-refractivity contribution in [2.45, 2.75) is 0 Å². The van der Waals surface area contributed by atoms with Crippen molar-refractivity contribution in [2.75, 3.05) is 62.2 Å². The van der Waals surface area contributed by atoms with E-state index in [0.29, 0.717) is 50.5 Å². The smallest absolute Gasteiger partial charge is 0.255 e. The fourth-order valence-electron chi connectivity index (χ4n) is 3.84. The predicted molar refractivity (Wildman–Crippen MR) is 109 cm³/mol. The Kier molecular flexibility index (Phi) is 5.59. The maximum Gasteiger partial charge on any atom is 0.255 e. The summed E-state index contributed by atoms with van der Waals surface area (Å²) in [6.45, 7) is 5.03. The number of carbonyl (C=O) groups excluding carboxylic acids is 2. The first kappa shape index (κ1) is 19.2. The third-order valence-corrected chi connectivity index (χ3v) is 5.56. The Morgan fingerprint density at radius 1 is 0.931 bits per heavy atom. The van der Waals surface area contributed by atoms with Crippen LogP contribution in [0.4, 0.5) is 15.8 Å². The standard InChI is InChI=1S/C21H24FN5O2/c22-19-3-1-2-4-20(19)26-11-9-25(10-12-26)18-13-17(14-23-15-18)21(29)27-7-5-24(16-28)6-8-27/h1-4,13-16H,5-12H2. The summed E-state index contributed by atoms with van der Waals surface area (Å²) in [5.41, 5.74) is 2.08.